The molecule has 1 N–H and O–H groups in total. The molecule has 0 saturated heterocycles. The van der Waals surface area contributed by atoms with E-state index in [0.29, 0.717) is 5.69 Å². The number of benzene rings is 1. The van der Waals surface area contributed by atoms with Gasteiger partial charge in [-0.2, -0.15) is 0 Å². The molecule has 1 amide bonds. The summed E-state index contributed by atoms with van der Waals surface area (Å²) in [6.45, 7) is 0. The van der Waals surface area contributed by atoms with Gasteiger partial charge in [0.1, 0.15) is 5.75 Å². The average Bonchev–Trinajstić information content (AvgIpc) is 2.75. The van der Waals surface area contributed by atoms with E-state index in [-0.39, 0.29) is 5.16 Å². The van der Waals surface area contributed by atoms with Crippen LogP contribution in [0.1, 0.15) is 0 Å². The summed E-state index contributed by atoms with van der Waals surface area (Å²) in [5.41, 5.74) is 0.527. The fourth-order valence-electron chi connectivity index (χ4n) is 1.65. The maximum Gasteiger partial charge on any atom is 0.240 e. The summed E-state index contributed by atoms with van der Waals surface area (Å²) in [5, 5.41) is 2.41. The number of nitrogens with one attached hydrogen (secondary N) is 1. The van der Waals surface area contributed by atoms with Gasteiger partial charge in [-0.1, -0.05) is 22.0 Å². The molecular formula is C12H12BrN3O3S. The topological polar surface area (TPSA) is 81.1 Å². The Labute approximate surface area is 124 Å². The van der Waals surface area contributed by atoms with Crippen LogP contribution >= 0.6 is 15.9 Å². The molecule has 20 heavy (non-hydrogen) atoms. The van der Waals surface area contributed by atoms with Crippen LogP contribution in [-0.4, -0.2) is 29.6 Å². The van der Waals surface area contributed by atoms with Crippen LogP contribution in [-0.2, 0) is 21.7 Å². The van der Waals surface area contributed by atoms with Gasteiger partial charge < -0.3 is 9.88 Å². The summed E-state index contributed by atoms with van der Waals surface area (Å²) in [6.07, 6.45) is 2.89. The lowest BCUT2D eigenvalue weighted by Gasteiger charge is -2.06. The molecule has 0 aliphatic rings. The predicted octanol–water partition coefficient (Wildman–Crippen LogP) is 1.59. The van der Waals surface area contributed by atoms with Crippen molar-refractivity contribution in [3.8, 4) is 0 Å². The number of carbonyl (C=O) groups is 1. The van der Waals surface area contributed by atoms with Crippen molar-refractivity contribution < 1.29 is 13.2 Å². The molecule has 0 spiro atoms. The van der Waals surface area contributed by atoms with E-state index in [1.165, 1.54) is 17.0 Å². The van der Waals surface area contributed by atoms with E-state index in [1.807, 2.05) is 0 Å². The SMILES string of the molecule is Cn1ccnc1S(=O)(=O)CC(=O)Nc1cccc(Br)c1. The van der Waals surface area contributed by atoms with Gasteiger partial charge in [0.15, 0.2) is 0 Å². The number of carbonyl (C=O) groups excluding carboxylic acids is 1. The van der Waals surface area contributed by atoms with Gasteiger partial charge in [0, 0.05) is 29.6 Å². The van der Waals surface area contributed by atoms with E-state index >= 15 is 0 Å². The Hall–Kier alpha value is -1.67. The minimum absolute atomic E-state index is 0.123. The first kappa shape index (κ1) is 14.7. The second-order valence-electron chi connectivity index (χ2n) is 4.14. The Morgan fingerprint density at radius 1 is 1.45 bits per heavy atom. The summed E-state index contributed by atoms with van der Waals surface area (Å²) in [7, 11) is -2.19. The molecule has 0 saturated carbocycles. The maximum atomic E-state index is 12.0. The first-order valence-corrected chi connectivity index (χ1v) is 8.08. The summed E-state index contributed by atoms with van der Waals surface area (Å²) in [5.74, 6) is -1.25. The largest absolute Gasteiger partial charge is 0.325 e. The Kier molecular flexibility index (Phi) is 4.24. The number of sulfone groups is 1. The van der Waals surface area contributed by atoms with E-state index in [0.717, 1.165) is 4.47 Å². The molecule has 1 aromatic carbocycles. The van der Waals surface area contributed by atoms with Crippen LogP contribution in [0.25, 0.3) is 0 Å². The fourth-order valence-corrected chi connectivity index (χ4v) is 3.32. The van der Waals surface area contributed by atoms with Gasteiger partial charge in [0.25, 0.3) is 0 Å². The van der Waals surface area contributed by atoms with Crippen molar-refractivity contribution in [1.82, 2.24) is 9.55 Å². The number of nitrogens with zero attached hydrogens (tertiary/aromatic N) is 2. The van der Waals surface area contributed by atoms with Crippen LogP contribution in [0.5, 0.6) is 0 Å². The van der Waals surface area contributed by atoms with Crippen molar-refractivity contribution >= 4 is 37.4 Å². The normalized spacial score (nSPS) is 11.3. The van der Waals surface area contributed by atoms with Crippen LogP contribution in [0.3, 0.4) is 0 Å². The van der Waals surface area contributed by atoms with Gasteiger partial charge in [-0.05, 0) is 18.2 Å². The van der Waals surface area contributed by atoms with Crippen molar-refractivity contribution in [3.63, 3.8) is 0 Å². The lowest BCUT2D eigenvalue weighted by Crippen LogP contribution is -2.24. The Balaban J connectivity index is 2.11. The molecule has 106 valence electrons. The van der Waals surface area contributed by atoms with Crippen LogP contribution in [0.4, 0.5) is 5.69 Å². The van der Waals surface area contributed by atoms with Crippen LogP contribution in [0, 0.1) is 0 Å². The van der Waals surface area contributed by atoms with Crippen molar-refractivity contribution in [1.29, 1.82) is 0 Å². The second-order valence-corrected chi connectivity index (χ2v) is 6.94. The maximum absolute atomic E-state index is 12.0. The number of imidazole rings is 1. The number of rotatable bonds is 4. The molecule has 2 aromatic rings. The predicted molar refractivity (Wildman–Crippen MR) is 78.0 cm³/mol. The van der Waals surface area contributed by atoms with Gasteiger partial charge in [0.05, 0.1) is 0 Å². The molecule has 0 radical (unpaired) electrons. The minimum Gasteiger partial charge on any atom is -0.325 e. The third kappa shape index (κ3) is 3.45. The van der Waals surface area contributed by atoms with E-state index in [9.17, 15) is 13.2 Å². The highest BCUT2D eigenvalue weighted by atomic mass is 79.9. The molecule has 0 bridgehead atoms. The number of amides is 1. The minimum atomic E-state index is -3.75. The Morgan fingerprint density at radius 3 is 2.80 bits per heavy atom. The average molecular weight is 358 g/mol. The van der Waals surface area contributed by atoms with Gasteiger partial charge in [-0.15, -0.1) is 0 Å². The van der Waals surface area contributed by atoms with E-state index in [4.69, 9.17) is 0 Å². The summed E-state index contributed by atoms with van der Waals surface area (Å²) < 4.78 is 26.2. The van der Waals surface area contributed by atoms with Gasteiger partial charge in [-0.25, -0.2) is 13.4 Å². The molecule has 0 unspecified atom stereocenters. The molecule has 8 heteroatoms. The van der Waals surface area contributed by atoms with Crippen molar-refractivity contribution in [2.45, 2.75) is 5.16 Å². The van der Waals surface area contributed by atoms with Crippen molar-refractivity contribution in [2.24, 2.45) is 7.05 Å². The molecule has 0 aliphatic heterocycles. The molecule has 6 nitrogen and oxygen atoms in total. The zero-order valence-electron chi connectivity index (χ0n) is 10.6. The first-order valence-electron chi connectivity index (χ1n) is 5.64. The zero-order valence-corrected chi connectivity index (χ0v) is 13.0. The summed E-state index contributed by atoms with van der Waals surface area (Å²) in [6, 6.07) is 6.91. The quantitative estimate of drug-likeness (QED) is 0.900. The first-order chi connectivity index (χ1) is 9.38. The molecular weight excluding hydrogens is 346 g/mol. The highest BCUT2D eigenvalue weighted by Gasteiger charge is 2.23. The van der Waals surface area contributed by atoms with Gasteiger partial charge in [0.2, 0.25) is 20.9 Å². The zero-order chi connectivity index (χ0) is 14.8. The number of aryl methyl sites for hydroxylation is 1. The standard InChI is InChI=1S/C12H12BrN3O3S/c1-16-6-5-14-12(16)20(18,19)8-11(17)15-10-4-2-3-9(13)7-10/h2-7H,8H2,1H3,(H,15,17). The number of halogens is 1. The molecule has 0 aliphatic carbocycles. The lowest BCUT2D eigenvalue weighted by atomic mass is 10.3. The molecule has 0 atom stereocenters. The summed E-state index contributed by atoms with van der Waals surface area (Å²) >= 11 is 3.27. The van der Waals surface area contributed by atoms with E-state index in [2.05, 4.69) is 26.2 Å². The van der Waals surface area contributed by atoms with Crippen LogP contribution < -0.4 is 5.32 Å². The van der Waals surface area contributed by atoms with E-state index < -0.39 is 21.5 Å². The monoisotopic (exact) mass is 357 g/mol. The van der Waals surface area contributed by atoms with Gasteiger partial charge in [-0.3, -0.25) is 4.79 Å². The third-order valence-corrected chi connectivity index (χ3v) is 4.57. The number of aromatic nitrogens is 2. The fraction of sp³-hybridized carbons (Fsp3) is 0.167. The highest BCUT2D eigenvalue weighted by Crippen LogP contribution is 2.16. The van der Waals surface area contributed by atoms with Crippen LogP contribution in [0.15, 0.2) is 46.3 Å². The lowest BCUT2D eigenvalue weighted by molar-refractivity contribution is -0.113. The highest BCUT2D eigenvalue weighted by molar-refractivity contribution is 9.10. The molecule has 1 heterocycles. The second kappa shape index (κ2) is 5.76. The molecule has 0 fully saturated rings. The number of hydrogen-bond acceptors (Lipinski definition) is 4. The Bertz CT molecular complexity index is 740. The Morgan fingerprint density at radius 2 is 2.20 bits per heavy atom. The molecule has 1 aromatic heterocycles. The number of hydrogen-bond donors (Lipinski definition) is 1. The van der Waals surface area contributed by atoms with Gasteiger partial charge >= 0.3 is 0 Å². The third-order valence-electron chi connectivity index (χ3n) is 2.48. The van der Waals surface area contributed by atoms with Crippen molar-refractivity contribution in [3.05, 3.63) is 41.1 Å². The smallest absolute Gasteiger partial charge is 0.240 e. The summed E-state index contributed by atoms with van der Waals surface area (Å²) in [4.78, 5) is 15.6. The molecule has 2 rings (SSSR count). The number of anilines is 1. The van der Waals surface area contributed by atoms with Crippen LogP contribution in [0.2, 0.25) is 0 Å². The van der Waals surface area contributed by atoms with Crippen molar-refractivity contribution in [2.75, 3.05) is 11.1 Å². The van der Waals surface area contributed by atoms with E-state index in [1.54, 1.807) is 31.3 Å².